The Kier molecular flexibility index (Phi) is 4.25. The van der Waals surface area contributed by atoms with Crippen LogP contribution in [0.3, 0.4) is 0 Å². The van der Waals surface area contributed by atoms with Gasteiger partial charge in [0.1, 0.15) is 11.5 Å². The van der Waals surface area contributed by atoms with Crippen LogP contribution in [0.2, 0.25) is 0 Å². The smallest absolute Gasteiger partial charge is 0.310 e. The van der Waals surface area contributed by atoms with Crippen molar-refractivity contribution in [1.82, 2.24) is 20.3 Å². The molecule has 0 saturated carbocycles. The molecule has 11 nitrogen and oxygen atoms in total. The summed E-state index contributed by atoms with van der Waals surface area (Å²) in [6.45, 7) is 0.133. The highest BCUT2D eigenvalue weighted by Gasteiger charge is 2.48. The summed E-state index contributed by atoms with van der Waals surface area (Å²) < 4.78 is 34.7. The minimum atomic E-state index is -4.82. The molecule has 3 heterocycles. The predicted octanol–water partition coefficient (Wildman–Crippen LogP) is -0.147. The van der Waals surface area contributed by atoms with E-state index >= 15 is 0 Å². The molecular weight excluding hydrogens is 362 g/mol. The Labute approximate surface area is 140 Å². The minimum absolute atomic E-state index is 0.133. The molecular formula is C11H13N5O6S2. The van der Waals surface area contributed by atoms with Gasteiger partial charge in [-0.25, -0.2) is 9.78 Å². The van der Waals surface area contributed by atoms with Gasteiger partial charge in [0.25, 0.3) is 5.91 Å². The number of hydrogen-bond donors (Lipinski definition) is 3. The number of fused-ring (bicyclic) bond motifs is 2. The highest BCUT2D eigenvalue weighted by Crippen LogP contribution is 2.30. The van der Waals surface area contributed by atoms with Crippen LogP contribution >= 0.6 is 11.3 Å². The molecule has 0 unspecified atom stereocenters. The zero-order valence-corrected chi connectivity index (χ0v) is 13.7. The van der Waals surface area contributed by atoms with Crippen molar-refractivity contribution in [1.29, 1.82) is 5.41 Å². The summed E-state index contributed by atoms with van der Waals surface area (Å²) in [5.74, 6) is -0.741. The van der Waals surface area contributed by atoms with E-state index in [1.54, 1.807) is 0 Å². The summed E-state index contributed by atoms with van der Waals surface area (Å²) in [6.07, 6.45) is 0.704. The summed E-state index contributed by atoms with van der Waals surface area (Å²) in [6, 6.07) is -2.04. The number of carbonyl (C=O) groups is 2. The van der Waals surface area contributed by atoms with Gasteiger partial charge in [0.05, 0.1) is 17.6 Å². The SMILES string of the molecule is N=C(NC(=O)c1cscn1)[C@@H]1CC[C@H]2CN1C(=O)N2OS(=O)(=O)O. The van der Waals surface area contributed by atoms with E-state index in [9.17, 15) is 18.0 Å². The van der Waals surface area contributed by atoms with Gasteiger partial charge in [0.2, 0.25) is 0 Å². The Morgan fingerprint density at radius 3 is 2.88 bits per heavy atom. The molecule has 3 rings (SSSR count). The van der Waals surface area contributed by atoms with Crippen molar-refractivity contribution in [3.8, 4) is 0 Å². The van der Waals surface area contributed by atoms with E-state index < -0.39 is 34.4 Å². The lowest BCUT2D eigenvalue weighted by atomic mass is 10.00. The minimum Gasteiger partial charge on any atom is -0.310 e. The standard InChI is InChI=1S/C11H13N5O6S2/c12-9(14-10(17)7-4-23-5-13-7)8-2-1-6-3-15(8)11(18)16(6)22-24(19,20)21/h4-6,8H,1-3H2,(H2,12,14,17)(H,19,20,21)/t6-,8-/m0/s1. The van der Waals surface area contributed by atoms with Gasteiger partial charge >= 0.3 is 16.4 Å². The van der Waals surface area contributed by atoms with Gasteiger partial charge in [-0.3, -0.25) is 14.8 Å². The van der Waals surface area contributed by atoms with Crippen molar-refractivity contribution in [2.24, 2.45) is 0 Å². The van der Waals surface area contributed by atoms with E-state index in [2.05, 4.69) is 14.6 Å². The molecule has 130 valence electrons. The maximum atomic E-state index is 12.2. The van der Waals surface area contributed by atoms with E-state index in [1.165, 1.54) is 27.1 Å². The molecule has 0 spiro atoms. The third-order valence-corrected chi connectivity index (χ3v) is 4.68. The van der Waals surface area contributed by atoms with Gasteiger partial charge < -0.3 is 10.2 Å². The molecule has 24 heavy (non-hydrogen) atoms. The first-order valence-electron chi connectivity index (χ1n) is 6.81. The molecule has 2 bridgehead atoms. The monoisotopic (exact) mass is 375 g/mol. The van der Waals surface area contributed by atoms with E-state index in [1.807, 2.05) is 0 Å². The zero-order valence-electron chi connectivity index (χ0n) is 12.1. The largest absolute Gasteiger partial charge is 0.418 e. The zero-order chi connectivity index (χ0) is 17.5. The van der Waals surface area contributed by atoms with Crippen LogP contribution in [0.5, 0.6) is 0 Å². The molecule has 2 aliphatic rings. The predicted molar refractivity (Wildman–Crippen MR) is 80.7 cm³/mol. The first kappa shape index (κ1) is 16.8. The van der Waals surface area contributed by atoms with Gasteiger partial charge in [-0.05, 0) is 12.8 Å². The number of amides is 3. The van der Waals surface area contributed by atoms with Gasteiger partial charge in [-0.15, -0.1) is 15.6 Å². The number of thiazole rings is 1. The Morgan fingerprint density at radius 2 is 2.25 bits per heavy atom. The van der Waals surface area contributed by atoms with E-state index in [0.717, 1.165) is 0 Å². The molecule has 2 saturated heterocycles. The second-order valence-corrected chi connectivity index (χ2v) is 6.97. The van der Waals surface area contributed by atoms with Crippen molar-refractivity contribution in [2.75, 3.05) is 6.54 Å². The average Bonchev–Trinajstić information content (AvgIpc) is 3.11. The number of carbonyl (C=O) groups excluding carboxylic acids is 2. The van der Waals surface area contributed by atoms with Crippen molar-refractivity contribution < 1.29 is 26.8 Å². The van der Waals surface area contributed by atoms with Crippen LogP contribution in [0.25, 0.3) is 0 Å². The Hall–Kier alpha value is -2.09. The quantitative estimate of drug-likeness (QED) is 0.376. The summed E-state index contributed by atoms with van der Waals surface area (Å²) in [5.41, 5.74) is 1.65. The molecule has 13 heteroatoms. The lowest BCUT2D eigenvalue weighted by Gasteiger charge is -2.30. The van der Waals surface area contributed by atoms with Crippen LogP contribution in [0, 0.1) is 5.41 Å². The van der Waals surface area contributed by atoms with Crippen LogP contribution < -0.4 is 5.32 Å². The molecule has 1 aromatic rings. The molecule has 0 aromatic carbocycles. The third kappa shape index (κ3) is 3.24. The fourth-order valence-corrected chi connectivity index (χ4v) is 3.65. The van der Waals surface area contributed by atoms with Crippen molar-refractivity contribution in [3.63, 3.8) is 0 Å². The molecule has 3 amide bonds. The van der Waals surface area contributed by atoms with E-state index in [0.29, 0.717) is 17.9 Å². The van der Waals surface area contributed by atoms with Gasteiger partial charge in [-0.2, -0.15) is 13.5 Å². The first-order chi connectivity index (χ1) is 11.3. The van der Waals surface area contributed by atoms with E-state index in [-0.39, 0.29) is 18.1 Å². The number of nitrogens with one attached hydrogen (secondary N) is 2. The van der Waals surface area contributed by atoms with Crippen molar-refractivity contribution >= 4 is 39.5 Å². The maximum Gasteiger partial charge on any atom is 0.418 e. The normalized spacial score (nSPS) is 23.5. The van der Waals surface area contributed by atoms with Crippen LogP contribution in [-0.4, -0.2) is 64.3 Å². The molecule has 2 fully saturated rings. The third-order valence-electron chi connectivity index (χ3n) is 3.74. The fourth-order valence-electron chi connectivity index (χ4n) is 2.73. The average molecular weight is 375 g/mol. The second-order valence-electron chi connectivity index (χ2n) is 5.25. The van der Waals surface area contributed by atoms with E-state index in [4.69, 9.17) is 9.96 Å². The van der Waals surface area contributed by atoms with Gasteiger partial charge in [0.15, 0.2) is 0 Å². The first-order valence-corrected chi connectivity index (χ1v) is 9.12. The number of aromatic nitrogens is 1. The van der Waals surface area contributed by atoms with Gasteiger partial charge in [-0.1, -0.05) is 0 Å². The van der Waals surface area contributed by atoms with Crippen LogP contribution in [0.1, 0.15) is 23.3 Å². The number of piperidine rings is 1. The summed E-state index contributed by atoms with van der Waals surface area (Å²) in [4.78, 5) is 29.2. The van der Waals surface area contributed by atoms with Crippen LogP contribution in [-0.2, 0) is 14.7 Å². The molecule has 0 aliphatic carbocycles. The molecule has 0 radical (unpaired) electrons. The highest BCUT2D eigenvalue weighted by molar-refractivity contribution is 7.80. The number of hydrogen-bond acceptors (Lipinski definition) is 8. The summed E-state index contributed by atoms with van der Waals surface area (Å²) in [7, 11) is -4.82. The molecule has 2 aliphatic heterocycles. The lowest BCUT2D eigenvalue weighted by molar-refractivity contribution is -0.0316. The number of hydroxylamine groups is 2. The highest BCUT2D eigenvalue weighted by atomic mass is 32.3. The van der Waals surface area contributed by atoms with Crippen LogP contribution in [0.15, 0.2) is 10.9 Å². The number of nitrogens with zero attached hydrogens (tertiary/aromatic N) is 3. The Bertz CT molecular complexity index is 779. The van der Waals surface area contributed by atoms with Crippen molar-refractivity contribution in [3.05, 3.63) is 16.6 Å². The number of urea groups is 1. The summed E-state index contributed by atoms with van der Waals surface area (Å²) >= 11 is 1.24. The topological polar surface area (TPSA) is 153 Å². The van der Waals surface area contributed by atoms with Crippen LogP contribution in [0.4, 0.5) is 4.79 Å². The fraction of sp³-hybridized carbons (Fsp3) is 0.455. The number of amidine groups is 1. The summed E-state index contributed by atoms with van der Waals surface area (Å²) in [5, 5.41) is 12.5. The Morgan fingerprint density at radius 1 is 1.50 bits per heavy atom. The van der Waals surface area contributed by atoms with Crippen molar-refractivity contribution in [2.45, 2.75) is 24.9 Å². The Balaban J connectivity index is 1.69. The molecule has 2 atom stereocenters. The maximum absolute atomic E-state index is 12.2. The van der Waals surface area contributed by atoms with Gasteiger partial charge in [0, 0.05) is 11.9 Å². The second kappa shape index (κ2) is 6.08. The lowest BCUT2D eigenvalue weighted by Crippen LogP contribution is -2.50. The number of rotatable bonds is 4. The molecule has 1 aromatic heterocycles. The molecule has 3 N–H and O–H groups in total.